The van der Waals surface area contributed by atoms with Crippen LogP contribution in [-0.2, 0) is 0 Å². The molecule has 0 aliphatic carbocycles. The first-order valence-electron chi connectivity index (χ1n) is 3.42. The summed E-state index contributed by atoms with van der Waals surface area (Å²) in [6.07, 6.45) is 1.33. The Morgan fingerprint density at radius 1 is 1.67 bits per heavy atom. The number of hydrogen-bond donors (Lipinski definition) is 3. The van der Waals surface area contributed by atoms with E-state index >= 15 is 0 Å². The fraction of sp³-hybridized carbons (Fsp3) is 1.00. The summed E-state index contributed by atoms with van der Waals surface area (Å²) in [4.78, 5) is 0. The highest BCUT2D eigenvalue weighted by Crippen LogP contribution is 1.82. The maximum absolute atomic E-state index is 8.93. The molecule has 0 radical (unpaired) electrons. The van der Waals surface area contributed by atoms with Gasteiger partial charge in [-0.05, 0) is 25.9 Å². The lowest BCUT2D eigenvalue weighted by atomic mass is 10.4. The molecule has 0 heterocycles. The molecule has 0 fully saturated rings. The molecule has 0 aromatic heterocycles. The zero-order valence-corrected chi connectivity index (χ0v) is 5.93. The van der Waals surface area contributed by atoms with Gasteiger partial charge in [0.25, 0.3) is 0 Å². The van der Waals surface area contributed by atoms with Gasteiger partial charge in [0.05, 0.1) is 0 Å². The number of nitrogens with two attached hydrogens (primary N) is 1. The van der Waals surface area contributed by atoms with Crippen LogP contribution >= 0.6 is 0 Å². The van der Waals surface area contributed by atoms with Crippen LogP contribution in [0.25, 0.3) is 0 Å². The smallest absolute Gasteiger partial charge is 0.104 e. The van der Waals surface area contributed by atoms with Crippen molar-refractivity contribution in [3.8, 4) is 0 Å². The van der Waals surface area contributed by atoms with Crippen LogP contribution in [0.3, 0.4) is 0 Å². The molecule has 0 saturated heterocycles. The molecule has 0 bridgehead atoms. The van der Waals surface area contributed by atoms with Crippen LogP contribution in [0.4, 0.5) is 0 Å². The van der Waals surface area contributed by atoms with Gasteiger partial charge in [0, 0.05) is 0 Å². The topological polar surface area (TPSA) is 58.3 Å². The van der Waals surface area contributed by atoms with E-state index in [1.165, 1.54) is 0 Å². The van der Waals surface area contributed by atoms with Crippen molar-refractivity contribution in [3.63, 3.8) is 0 Å². The van der Waals surface area contributed by atoms with Crippen LogP contribution in [0.1, 0.15) is 19.8 Å². The largest absolute Gasteiger partial charge is 0.379 e. The Hall–Kier alpha value is -0.120. The lowest BCUT2D eigenvalue weighted by Crippen LogP contribution is -2.29. The summed E-state index contributed by atoms with van der Waals surface area (Å²) < 4.78 is 0. The first kappa shape index (κ1) is 8.88. The van der Waals surface area contributed by atoms with E-state index in [0.29, 0.717) is 6.54 Å². The van der Waals surface area contributed by atoms with E-state index in [2.05, 4.69) is 5.32 Å². The number of nitrogens with one attached hydrogen (secondary N) is 1. The average Bonchev–Trinajstić information content (AvgIpc) is 1.89. The van der Waals surface area contributed by atoms with E-state index in [1.807, 2.05) is 6.92 Å². The van der Waals surface area contributed by atoms with E-state index in [4.69, 9.17) is 10.8 Å². The van der Waals surface area contributed by atoms with Crippen LogP contribution in [-0.4, -0.2) is 24.4 Å². The van der Waals surface area contributed by atoms with Crippen molar-refractivity contribution in [2.24, 2.45) is 5.73 Å². The second-order valence-electron chi connectivity index (χ2n) is 2.02. The van der Waals surface area contributed by atoms with Gasteiger partial charge in [0.2, 0.25) is 0 Å². The molecule has 0 aliphatic heterocycles. The second kappa shape index (κ2) is 6.01. The van der Waals surface area contributed by atoms with Crippen molar-refractivity contribution in [1.29, 1.82) is 0 Å². The van der Waals surface area contributed by atoms with Gasteiger partial charge in [0.15, 0.2) is 0 Å². The molecule has 3 heteroatoms. The molecule has 9 heavy (non-hydrogen) atoms. The highest BCUT2D eigenvalue weighted by molar-refractivity contribution is 4.50. The summed E-state index contributed by atoms with van der Waals surface area (Å²) in [5.74, 6) is 0. The van der Waals surface area contributed by atoms with Gasteiger partial charge in [-0.25, -0.2) is 0 Å². The SMILES string of the molecule is CCC(O)NCCCN. The second-order valence-corrected chi connectivity index (χ2v) is 2.02. The molecule has 56 valence electrons. The lowest BCUT2D eigenvalue weighted by Gasteiger charge is -2.08. The van der Waals surface area contributed by atoms with E-state index in [0.717, 1.165) is 19.4 Å². The monoisotopic (exact) mass is 132 g/mol. The zero-order valence-electron chi connectivity index (χ0n) is 5.93. The standard InChI is InChI=1S/C6H16N2O/c1-2-6(9)8-5-3-4-7/h6,8-9H,2-5,7H2,1H3. The van der Waals surface area contributed by atoms with E-state index in [-0.39, 0.29) is 6.23 Å². The Kier molecular flexibility index (Phi) is 5.93. The van der Waals surface area contributed by atoms with Crippen molar-refractivity contribution in [2.45, 2.75) is 26.0 Å². The molecule has 0 aromatic carbocycles. The molecular formula is C6H16N2O. The van der Waals surface area contributed by atoms with Crippen LogP contribution in [0.15, 0.2) is 0 Å². The van der Waals surface area contributed by atoms with Gasteiger partial charge >= 0.3 is 0 Å². The van der Waals surface area contributed by atoms with Gasteiger partial charge in [-0.3, -0.25) is 5.32 Å². The fourth-order valence-electron chi connectivity index (χ4n) is 0.515. The van der Waals surface area contributed by atoms with Gasteiger partial charge in [-0.15, -0.1) is 0 Å². The summed E-state index contributed by atoms with van der Waals surface area (Å²) in [5, 5.41) is 11.8. The molecule has 0 saturated carbocycles. The molecule has 0 aromatic rings. The minimum absolute atomic E-state index is 0.350. The third-order valence-corrected chi connectivity index (χ3v) is 1.15. The summed E-state index contributed by atoms with van der Waals surface area (Å²) >= 11 is 0. The first-order valence-corrected chi connectivity index (χ1v) is 3.42. The zero-order chi connectivity index (χ0) is 7.11. The number of hydrogen-bond acceptors (Lipinski definition) is 3. The molecule has 1 unspecified atom stereocenters. The van der Waals surface area contributed by atoms with Crippen molar-refractivity contribution in [1.82, 2.24) is 5.32 Å². The van der Waals surface area contributed by atoms with Crippen molar-refractivity contribution >= 4 is 0 Å². The van der Waals surface area contributed by atoms with E-state index < -0.39 is 0 Å². The molecule has 4 N–H and O–H groups in total. The van der Waals surface area contributed by atoms with Crippen molar-refractivity contribution in [2.75, 3.05) is 13.1 Å². The van der Waals surface area contributed by atoms with E-state index in [1.54, 1.807) is 0 Å². The molecule has 0 spiro atoms. The summed E-state index contributed by atoms with van der Waals surface area (Å²) in [6.45, 7) is 3.43. The normalized spacial score (nSPS) is 13.7. The summed E-state index contributed by atoms with van der Waals surface area (Å²) in [6, 6.07) is 0. The minimum Gasteiger partial charge on any atom is -0.379 e. The van der Waals surface area contributed by atoms with Crippen molar-refractivity contribution in [3.05, 3.63) is 0 Å². The predicted molar refractivity (Wildman–Crippen MR) is 38.0 cm³/mol. The summed E-state index contributed by atoms with van der Waals surface area (Å²) in [7, 11) is 0. The number of rotatable bonds is 5. The van der Waals surface area contributed by atoms with Crippen molar-refractivity contribution < 1.29 is 5.11 Å². The Morgan fingerprint density at radius 2 is 2.33 bits per heavy atom. The minimum atomic E-state index is -0.350. The Bertz CT molecular complexity index is 59.0. The summed E-state index contributed by atoms with van der Waals surface area (Å²) in [5.41, 5.74) is 5.23. The Morgan fingerprint density at radius 3 is 2.78 bits per heavy atom. The van der Waals surface area contributed by atoms with Gasteiger partial charge in [-0.1, -0.05) is 6.92 Å². The van der Waals surface area contributed by atoms with Gasteiger partial charge < -0.3 is 10.8 Å². The Balaban J connectivity index is 2.88. The predicted octanol–water partition coefficient (Wildman–Crippen LogP) is -0.347. The molecule has 0 amide bonds. The first-order chi connectivity index (χ1) is 4.31. The highest BCUT2D eigenvalue weighted by Gasteiger charge is 1.95. The molecule has 0 aliphatic rings. The third kappa shape index (κ3) is 5.76. The average molecular weight is 132 g/mol. The van der Waals surface area contributed by atoms with Gasteiger partial charge in [-0.2, -0.15) is 0 Å². The van der Waals surface area contributed by atoms with Crippen LogP contribution < -0.4 is 11.1 Å². The molecule has 0 rings (SSSR count). The van der Waals surface area contributed by atoms with E-state index in [9.17, 15) is 0 Å². The number of aliphatic hydroxyl groups excluding tert-OH is 1. The lowest BCUT2D eigenvalue weighted by molar-refractivity contribution is 0.133. The number of aliphatic hydroxyl groups is 1. The van der Waals surface area contributed by atoms with Crippen LogP contribution in [0.2, 0.25) is 0 Å². The molecule has 3 nitrogen and oxygen atoms in total. The highest BCUT2D eigenvalue weighted by atomic mass is 16.3. The van der Waals surface area contributed by atoms with Crippen LogP contribution in [0, 0.1) is 0 Å². The Labute approximate surface area is 56.2 Å². The maximum atomic E-state index is 8.93. The third-order valence-electron chi connectivity index (χ3n) is 1.15. The molecule has 1 atom stereocenters. The quantitative estimate of drug-likeness (QED) is 0.354. The fourth-order valence-corrected chi connectivity index (χ4v) is 0.515. The van der Waals surface area contributed by atoms with Gasteiger partial charge in [0.1, 0.15) is 6.23 Å². The van der Waals surface area contributed by atoms with Crippen LogP contribution in [0.5, 0.6) is 0 Å². The molecular weight excluding hydrogens is 116 g/mol. The maximum Gasteiger partial charge on any atom is 0.104 e.